The van der Waals surface area contributed by atoms with E-state index in [4.69, 9.17) is 8.83 Å². The number of anilines is 6. The Labute approximate surface area is 281 Å². The lowest BCUT2D eigenvalue weighted by Gasteiger charge is -2.42. The van der Waals surface area contributed by atoms with E-state index >= 15 is 0 Å². The van der Waals surface area contributed by atoms with Crippen LogP contribution >= 0.6 is 0 Å². The number of benzene rings is 7. The van der Waals surface area contributed by atoms with Gasteiger partial charge in [-0.2, -0.15) is 0 Å². The molecule has 9 aromatic rings. The molecule has 7 aromatic carbocycles. The number of para-hydroxylation sites is 1. The Morgan fingerprint density at radius 3 is 2.08 bits per heavy atom. The van der Waals surface area contributed by atoms with Gasteiger partial charge in [0.15, 0.2) is 0 Å². The topological polar surface area (TPSA) is 32.8 Å². The van der Waals surface area contributed by atoms with Crippen LogP contribution in [0, 0.1) is 12.7 Å². The fraction of sp³-hybridized carbons (Fsp3) is 0.0233. The summed E-state index contributed by atoms with van der Waals surface area (Å²) in [7, 11) is 0. The maximum atomic E-state index is 14.3. The van der Waals surface area contributed by atoms with Gasteiger partial charge in [-0.3, -0.25) is 4.90 Å². The normalized spacial score (nSPS) is 13.4. The van der Waals surface area contributed by atoms with Crippen LogP contribution in [0.3, 0.4) is 0 Å². The molecule has 0 unspecified atom stereocenters. The van der Waals surface area contributed by atoms with Crippen LogP contribution in [0.4, 0.5) is 38.7 Å². The van der Waals surface area contributed by atoms with Gasteiger partial charge in [-0.05, 0) is 83.9 Å². The summed E-state index contributed by atoms with van der Waals surface area (Å²) in [4.78, 5) is 4.52. The molecule has 0 radical (unpaired) electrons. The summed E-state index contributed by atoms with van der Waals surface area (Å²) in [5.41, 5.74) is 12.3. The first kappa shape index (κ1) is 26.8. The van der Waals surface area contributed by atoms with Crippen molar-refractivity contribution in [3.8, 4) is 0 Å². The second-order valence-electron chi connectivity index (χ2n) is 13.1. The molecule has 0 amide bonds. The molecule has 2 aliphatic heterocycles. The van der Waals surface area contributed by atoms with E-state index in [1.54, 1.807) is 0 Å². The van der Waals surface area contributed by atoms with Gasteiger partial charge in [0, 0.05) is 61.5 Å². The fourth-order valence-corrected chi connectivity index (χ4v) is 8.22. The summed E-state index contributed by atoms with van der Waals surface area (Å²) in [6, 6.07) is 47.4. The predicted molar refractivity (Wildman–Crippen MR) is 200 cm³/mol. The minimum absolute atomic E-state index is 0.131. The molecular formula is C43H26BFN2O2. The maximum absolute atomic E-state index is 14.3. The fourth-order valence-electron chi connectivity index (χ4n) is 8.22. The molecule has 0 bridgehead atoms. The van der Waals surface area contributed by atoms with Crippen LogP contribution in [0.25, 0.3) is 43.7 Å². The Morgan fingerprint density at radius 2 is 1.24 bits per heavy atom. The quantitative estimate of drug-likeness (QED) is 0.178. The Bertz CT molecular complexity index is 2820. The zero-order chi connectivity index (χ0) is 32.4. The third kappa shape index (κ3) is 3.63. The number of hydrogen-bond acceptors (Lipinski definition) is 4. The van der Waals surface area contributed by atoms with Gasteiger partial charge >= 0.3 is 0 Å². The molecule has 0 atom stereocenters. The van der Waals surface area contributed by atoms with Crippen molar-refractivity contribution < 1.29 is 13.2 Å². The van der Waals surface area contributed by atoms with Crippen LogP contribution in [-0.2, 0) is 0 Å². The standard InChI is InChI=1S/C43H26BFN2O2/c1-25-13-18-28(19-14-25)46-35-10-6-11-36-41(35)44(40-32-9-4-5-12-38(32)49-43(40)47(36)29-20-16-27(45)17-21-29)34-23-33-31-22-15-26-7-2-3-8-30(26)42(31)48-39(33)24-37(34)46/h2-24H,1H3. The smallest absolute Gasteiger partial charge is 0.257 e. The molecule has 4 heterocycles. The summed E-state index contributed by atoms with van der Waals surface area (Å²) < 4.78 is 27.8. The molecule has 49 heavy (non-hydrogen) atoms. The van der Waals surface area contributed by atoms with E-state index in [2.05, 4.69) is 120 Å². The van der Waals surface area contributed by atoms with Crippen molar-refractivity contribution in [2.75, 3.05) is 9.80 Å². The van der Waals surface area contributed by atoms with Crippen LogP contribution < -0.4 is 26.2 Å². The van der Waals surface area contributed by atoms with E-state index in [1.807, 2.05) is 24.3 Å². The minimum Gasteiger partial charge on any atom is -0.455 e. The van der Waals surface area contributed by atoms with Crippen LogP contribution in [0.2, 0.25) is 0 Å². The number of aryl methyl sites for hydroxylation is 1. The highest BCUT2D eigenvalue weighted by Gasteiger charge is 2.46. The van der Waals surface area contributed by atoms with Gasteiger partial charge in [0.25, 0.3) is 6.71 Å². The second kappa shape index (κ2) is 9.65. The highest BCUT2D eigenvalue weighted by atomic mass is 19.1. The van der Waals surface area contributed by atoms with E-state index in [-0.39, 0.29) is 12.5 Å². The second-order valence-corrected chi connectivity index (χ2v) is 13.1. The summed E-state index contributed by atoms with van der Waals surface area (Å²) in [6.45, 7) is 1.98. The third-order valence-electron chi connectivity index (χ3n) is 10.4. The molecule has 0 aliphatic carbocycles. The van der Waals surface area contributed by atoms with E-state index in [0.717, 1.165) is 83.5 Å². The van der Waals surface area contributed by atoms with Crippen LogP contribution in [-0.4, -0.2) is 6.71 Å². The Morgan fingerprint density at radius 1 is 0.531 bits per heavy atom. The van der Waals surface area contributed by atoms with E-state index in [9.17, 15) is 4.39 Å². The number of furan rings is 2. The van der Waals surface area contributed by atoms with E-state index < -0.39 is 0 Å². The molecule has 0 saturated carbocycles. The van der Waals surface area contributed by atoms with Crippen molar-refractivity contribution in [1.29, 1.82) is 0 Å². The molecule has 6 heteroatoms. The van der Waals surface area contributed by atoms with Crippen molar-refractivity contribution in [2.24, 2.45) is 0 Å². The average molecular weight is 633 g/mol. The van der Waals surface area contributed by atoms with E-state index in [0.29, 0.717) is 0 Å². The summed E-state index contributed by atoms with van der Waals surface area (Å²) in [5, 5.41) is 5.50. The van der Waals surface area contributed by atoms with Crippen molar-refractivity contribution >= 4 is 101 Å². The summed E-state index contributed by atoms with van der Waals surface area (Å²) in [5.74, 6) is 0.475. The van der Waals surface area contributed by atoms with Gasteiger partial charge in [-0.15, -0.1) is 0 Å². The average Bonchev–Trinajstić information content (AvgIpc) is 3.70. The van der Waals surface area contributed by atoms with Crippen molar-refractivity contribution in [1.82, 2.24) is 0 Å². The first-order valence-electron chi connectivity index (χ1n) is 16.6. The molecule has 0 saturated heterocycles. The SMILES string of the molecule is Cc1ccc(N2c3cc4oc5c6ccccc6ccc5c4cc3B3c4c2cccc4N(c2ccc(F)cc2)c2oc4ccccc4c23)cc1. The molecular weight excluding hydrogens is 606 g/mol. The number of hydrogen-bond donors (Lipinski definition) is 0. The van der Waals surface area contributed by atoms with Crippen molar-refractivity contribution in [3.63, 3.8) is 0 Å². The molecule has 2 aromatic heterocycles. The molecule has 4 nitrogen and oxygen atoms in total. The van der Waals surface area contributed by atoms with Gasteiger partial charge < -0.3 is 13.7 Å². The van der Waals surface area contributed by atoms with Crippen LogP contribution in [0.1, 0.15) is 5.56 Å². The lowest BCUT2D eigenvalue weighted by Crippen LogP contribution is -2.61. The van der Waals surface area contributed by atoms with Crippen LogP contribution in [0.5, 0.6) is 0 Å². The maximum Gasteiger partial charge on any atom is 0.257 e. The Hall–Kier alpha value is -6.27. The van der Waals surface area contributed by atoms with Gasteiger partial charge in [0.2, 0.25) is 5.88 Å². The Kier molecular flexibility index (Phi) is 5.27. The minimum atomic E-state index is -0.276. The summed E-state index contributed by atoms with van der Waals surface area (Å²) >= 11 is 0. The number of fused-ring (bicyclic) bond motifs is 11. The van der Waals surface area contributed by atoms with Gasteiger partial charge in [-0.1, -0.05) is 78.4 Å². The lowest BCUT2D eigenvalue weighted by molar-refractivity contribution is 0.620. The Balaban J connectivity index is 1.28. The predicted octanol–water partition coefficient (Wildman–Crippen LogP) is 10.0. The number of rotatable bonds is 2. The molecule has 230 valence electrons. The largest absolute Gasteiger partial charge is 0.455 e. The molecule has 11 rings (SSSR count). The zero-order valence-corrected chi connectivity index (χ0v) is 26.4. The zero-order valence-electron chi connectivity index (χ0n) is 26.4. The first-order valence-corrected chi connectivity index (χ1v) is 16.6. The molecule has 0 spiro atoms. The van der Waals surface area contributed by atoms with Gasteiger partial charge in [0.1, 0.15) is 22.6 Å². The molecule has 0 fully saturated rings. The monoisotopic (exact) mass is 632 g/mol. The number of halogens is 1. The highest BCUT2D eigenvalue weighted by Crippen LogP contribution is 2.47. The van der Waals surface area contributed by atoms with Crippen molar-refractivity contribution in [3.05, 3.63) is 151 Å². The first-order chi connectivity index (χ1) is 24.1. The van der Waals surface area contributed by atoms with Gasteiger partial charge in [-0.25, -0.2) is 4.39 Å². The third-order valence-corrected chi connectivity index (χ3v) is 10.4. The number of nitrogens with zero attached hydrogens (tertiary/aromatic N) is 2. The van der Waals surface area contributed by atoms with Gasteiger partial charge in [0.05, 0.1) is 0 Å². The lowest BCUT2D eigenvalue weighted by atomic mass is 9.33. The molecule has 0 N–H and O–H groups in total. The highest BCUT2D eigenvalue weighted by molar-refractivity contribution is 7.01. The van der Waals surface area contributed by atoms with Crippen molar-refractivity contribution in [2.45, 2.75) is 6.92 Å². The summed E-state index contributed by atoms with van der Waals surface area (Å²) in [6.07, 6.45) is 0. The van der Waals surface area contributed by atoms with E-state index in [1.165, 1.54) is 28.6 Å². The van der Waals surface area contributed by atoms with Crippen LogP contribution in [0.15, 0.2) is 148 Å². The molecule has 2 aliphatic rings.